The Kier molecular flexibility index (Phi) is 5.77. The van der Waals surface area contributed by atoms with E-state index in [1.807, 2.05) is 0 Å². The van der Waals surface area contributed by atoms with Crippen LogP contribution in [0.4, 0.5) is 5.82 Å². The molecule has 106 valence electrons. The lowest BCUT2D eigenvalue weighted by Gasteiger charge is -2.22. The van der Waals surface area contributed by atoms with Gasteiger partial charge in [0.2, 0.25) is 0 Å². The number of hydrogen-bond acceptors (Lipinski definition) is 5. The van der Waals surface area contributed by atoms with Crippen LogP contribution in [0.5, 0.6) is 0 Å². The van der Waals surface area contributed by atoms with Gasteiger partial charge in [0.15, 0.2) is 0 Å². The average Bonchev–Trinajstić information content (AvgIpc) is 2.44. The van der Waals surface area contributed by atoms with Crippen LogP contribution in [0.25, 0.3) is 0 Å². The minimum atomic E-state index is 0.402. The summed E-state index contributed by atoms with van der Waals surface area (Å²) < 4.78 is 11.7. The lowest BCUT2D eigenvalue weighted by molar-refractivity contribution is 0.0834. The Morgan fingerprint density at radius 2 is 2.11 bits per heavy atom. The minimum Gasteiger partial charge on any atom is -0.381 e. The molecule has 0 aromatic carbocycles. The predicted octanol–water partition coefficient (Wildman–Crippen LogP) is 2.55. The van der Waals surface area contributed by atoms with Crippen molar-refractivity contribution < 1.29 is 9.47 Å². The molecule has 0 radical (unpaired) electrons. The molecule has 19 heavy (non-hydrogen) atoms. The second kappa shape index (κ2) is 7.35. The molecule has 1 saturated heterocycles. The molecule has 2 rings (SSSR count). The Balaban J connectivity index is 2.30. The molecule has 1 N–H and O–H groups in total. The fraction of sp³-hybridized carbons (Fsp3) is 0.692. The van der Waals surface area contributed by atoms with E-state index >= 15 is 0 Å². The number of ether oxygens (including phenoxy) is 2. The maximum absolute atomic E-state index is 5.40. The molecule has 2 heterocycles. The van der Waals surface area contributed by atoms with Crippen molar-refractivity contribution in [3.8, 4) is 0 Å². The van der Waals surface area contributed by atoms with Crippen LogP contribution in [0.3, 0.4) is 0 Å². The fourth-order valence-electron chi connectivity index (χ4n) is 2.17. The van der Waals surface area contributed by atoms with Gasteiger partial charge >= 0.3 is 0 Å². The predicted molar refractivity (Wildman–Crippen MR) is 82.4 cm³/mol. The van der Waals surface area contributed by atoms with Crippen LogP contribution in [-0.2, 0) is 16.1 Å². The second-order valence-electron chi connectivity index (χ2n) is 4.54. The third-order valence-electron chi connectivity index (χ3n) is 3.15. The van der Waals surface area contributed by atoms with Gasteiger partial charge in [-0.15, -0.1) is 0 Å². The largest absolute Gasteiger partial charge is 0.381 e. The zero-order valence-corrected chi connectivity index (χ0v) is 13.6. The van der Waals surface area contributed by atoms with Crippen molar-refractivity contribution in [2.45, 2.75) is 32.3 Å². The van der Waals surface area contributed by atoms with Crippen molar-refractivity contribution in [1.29, 1.82) is 0 Å². The van der Waals surface area contributed by atoms with E-state index in [-0.39, 0.29) is 0 Å². The van der Waals surface area contributed by atoms with E-state index in [4.69, 9.17) is 9.47 Å². The molecule has 1 aromatic heterocycles. The van der Waals surface area contributed by atoms with Gasteiger partial charge in [0.25, 0.3) is 0 Å². The number of hydrogen-bond donors (Lipinski definition) is 1. The fourth-order valence-corrected chi connectivity index (χ4v) is 2.76. The van der Waals surface area contributed by atoms with E-state index in [2.05, 4.69) is 44.8 Å². The number of halogens is 1. The molecular formula is C13H20IN3O2. The minimum absolute atomic E-state index is 0.402. The van der Waals surface area contributed by atoms with Crippen LogP contribution in [0.1, 0.15) is 37.2 Å². The molecule has 1 aliphatic heterocycles. The molecule has 0 atom stereocenters. The first kappa shape index (κ1) is 14.9. The molecular weight excluding hydrogens is 357 g/mol. The lowest BCUT2D eigenvalue weighted by Crippen LogP contribution is -2.19. The number of aromatic nitrogens is 2. The Labute approximate surface area is 127 Å². The number of rotatable bonds is 5. The molecule has 0 aliphatic carbocycles. The second-order valence-corrected chi connectivity index (χ2v) is 5.62. The number of nitrogens with zero attached hydrogens (tertiary/aromatic N) is 2. The highest BCUT2D eigenvalue weighted by Gasteiger charge is 2.21. The average molecular weight is 377 g/mol. The van der Waals surface area contributed by atoms with Crippen molar-refractivity contribution in [3.05, 3.63) is 15.1 Å². The molecule has 6 heteroatoms. The number of nitrogens with one attached hydrogen (secondary N) is 1. The highest BCUT2D eigenvalue weighted by molar-refractivity contribution is 14.1. The smallest absolute Gasteiger partial charge is 0.143 e. The summed E-state index contributed by atoms with van der Waals surface area (Å²) in [5, 5.41) is 3.31. The maximum atomic E-state index is 5.40. The van der Waals surface area contributed by atoms with E-state index in [9.17, 15) is 0 Å². The SMILES string of the molecule is CCNc1nc(C2CCOCC2)nc(COC)c1I. The van der Waals surface area contributed by atoms with Crippen LogP contribution in [0.15, 0.2) is 0 Å². The summed E-state index contributed by atoms with van der Waals surface area (Å²) in [5.74, 6) is 2.25. The van der Waals surface area contributed by atoms with Crippen molar-refractivity contribution in [2.24, 2.45) is 0 Å². The monoisotopic (exact) mass is 377 g/mol. The van der Waals surface area contributed by atoms with Gasteiger partial charge in [-0.2, -0.15) is 0 Å². The van der Waals surface area contributed by atoms with Gasteiger partial charge in [-0.3, -0.25) is 0 Å². The van der Waals surface area contributed by atoms with Gasteiger partial charge in [0, 0.05) is 32.8 Å². The summed E-state index contributed by atoms with van der Waals surface area (Å²) in [6.45, 7) is 5.05. The molecule has 0 spiro atoms. The zero-order chi connectivity index (χ0) is 13.7. The van der Waals surface area contributed by atoms with Gasteiger partial charge in [-0.25, -0.2) is 9.97 Å². The van der Waals surface area contributed by atoms with Gasteiger partial charge in [0.1, 0.15) is 11.6 Å². The summed E-state index contributed by atoms with van der Waals surface area (Å²) in [6, 6.07) is 0. The Morgan fingerprint density at radius 3 is 2.74 bits per heavy atom. The molecule has 1 fully saturated rings. The summed E-state index contributed by atoms with van der Waals surface area (Å²) in [5.41, 5.74) is 0.968. The van der Waals surface area contributed by atoms with E-state index in [0.29, 0.717) is 12.5 Å². The zero-order valence-electron chi connectivity index (χ0n) is 11.4. The molecule has 0 amide bonds. The Morgan fingerprint density at radius 1 is 1.37 bits per heavy atom. The van der Waals surface area contributed by atoms with E-state index in [0.717, 1.165) is 53.5 Å². The highest BCUT2D eigenvalue weighted by atomic mass is 127. The maximum Gasteiger partial charge on any atom is 0.143 e. The van der Waals surface area contributed by atoms with Crippen LogP contribution < -0.4 is 5.32 Å². The van der Waals surface area contributed by atoms with Crippen molar-refractivity contribution in [1.82, 2.24) is 9.97 Å². The summed E-state index contributed by atoms with van der Waals surface area (Å²) in [4.78, 5) is 9.38. The molecule has 1 aromatic rings. The number of methoxy groups -OCH3 is 1. The van der Waals surface area contributed by atoms with Crippen molar-refractivity contribution >= 4 is 28.4 Å². The summed E-state index contributed by atoms with van der Waals surface area (Å²) >= 11 is 2.28. The number of anilines is 1. The van der Waals surface area contributed by atoms with Crippen molar-refractivity contribution in [3.63, 3.8) is 0 Å². The molecule has 0 saturated carbocycles. The first-order chi connectivity index (χ1) is 9.26. The normalized spacial score (nSPS) is 16.6. The van der Waals surface area contributed by atoms with E-state index in [1.54, 1.807) is 7.11 Å². The van der Waals surface area contributed by atoms with E-state index in [1.165, 1.54) is 0 Å². The third-order valence-corrected chi connectivity index (χ3v) is 4.28. The van der Waals surface area contributed by atoms with Crippen LogP contribution in [0, 0.1) is 3.57 Å². The highest BCUT2D eigenvalue weighted by Crippen LogP contribution is 2.28. The van der Waals surface area contributed by atoms with Gasteiger partial charge < -0.3 is 14.8 Å². The van der Waals surface area contributed by atoms with Gasteiger partial charge in [-0.05, 0) is 42.4 Å². The van der Waals surface area contributed by atoms with Gasteiger partial charge in [-0.1, -0.05) is 0 Å². The van der Waals surface area contributed by atoms with Crippen molar-refractivity contribution in [2.75, 3.05) is 32.2 Å². The lowest BCUT2D eigenvalue weighted by atomic mass is 9.99. The quantitative estimate of drug-likeness (QED) is 0.800. The van der Waals surface area contributed by atoms with E-state index < -0.39 is 0 Å². The molecule has 1 aliphatic rings. The molecule has 5 nitrogen and oxygen atoms in total. The first-order valence-corrected chi connectivity index (χ1v) is 7.71. The third kappa shape index (κ3) is 3.76. The Hall–Kier alpha value is -0.470. The topological polar surface area (TPSA) is 56.3 Å². The Bertz CT molecular complexity index is 395. The summed E-state index contributed by atoms with van der Waals surface area (Å²) in [7, 11) is 1.69. The van der Waals surface area contributed by atoms with Crippen LogP contribution in [0.2, 0.25) is 0 Å². The van der Waals surface area contributed by atoms with Crippen LogP contribution in [-0.4, -0.2) is 36.8 Å². The van der Waals surface area contributed by atoms with Crippen LogP contribution >= 0.6 is 22.6 Å². The standard InChI is InChI=1S/C13H20IN3O2/c1-3-15-13-11(14)10(8-18-2)16-12(17-13)9-4-6-19-7-5-9/h9H,3-8H2,1-2H3,(H,15,16,17). The molecule has 0 bridgehead atoms. The van der Waals surface area contributed by atoms with Gasteiger partial charge in [0.05, 0.1) is 15.9 Å². The molecule has 0 unspecified atom stereocenters. The summed E-state index contributed by atoms with van der Waals surface area (Å²) in [6.07, 6.45) is 2.00. The first-order valence-electron chi connectivity index (χ1n) is 6.63.